The fraction of sp³-hybridized carbons (Fsp3) is 0.364. The zero-order valence-corrected chi connectivity index (χ0v) is 11.1. The maximum atomic E-state index is 12.0. The Hall–Kier alpha value is -1.60. The third kappa shape index (κ3) is 3.21. The van der Waals surface area contributed by atoms with Crippen LogP contribution < -0.4 is 14.6 Å². The quantitative estimate of drug-likeness (QED) is 0.773. The zero-order chi connectivity index (χ0) is 13.9. The lowest BCUT2D eigenvalue weighted by Gasteiger charge is -2.16. The molecule has 0 unspecified atom stereocenters. The molecule has 0 bridgehead atoms. The number of aryl methyl sites for hydroxylation is 1. The number of ether oxygens (including phenoxy) is 1. The highest BCUT2D eigenvalue weighted by Crippen LogP contribution is 2.24. The number of carboxylic acids is 1. The third-order valence-electron chi connectivity index (χ3n) is 2.29. The van der Waals surface area contributed by atoms with Gasteiger partial charge in [-0.15, -0.1) is 0 Å². The monoisotopic (exact) mass is 272 g/mol. The predicted octanol–water partition coefficient (Wildman–Crippen LogP) is -0.580. The summed E-state index contributed by atoms with van der Waals surface area (Å²) in [6, 6.07) is 3.29. The largest absolute Gasteiger partial charge is 0.548 e. The molecule has 0 saturated heterocycles. The van der Waals surface area contributed by atoms with Crippen LogP contribution in [0, 0.1) is 6.92 Å². The van der Waals surface area contributed by atoms with Gasteiger partial charge in [0.25, 0.3) is 0 Å². The summed E-state index contributed by atoms with van der Waals surface area (Å²) >= 11 is 0. The van der Waals surface area contributed by atoms with E-state index in [-0.39, 0.29) is 10.6 Å². The maximum absolute atomic E-state index is 12.0. The van der Waals surface area contributed by atoms with Gasteiger partial charge in [-0.25, -0.2) is 13.1 Å². The van der Waals surface area contributed by atoms with Crippen LogP contribution in [-0.4, -0.2) is 27.5 Å². The van der Waals surface area contributed by atoms with Gasteiger partial charge in [0.2, 0.25) is 10.0 Å². The normalized spacial score (nSPS) is 13.1. The van der Waals surface area contributed by atoms with Gasteiger partial charge in [0.1, 0.15) is 10.6 Å². The molecule has 7 heteroatoms. The Bertz CT molecular complexity index is 553. The number of hydrogen-bond donors (Lipinski definition) is 1. The predicted molar refractivity (Wildman–Crippen MR) is 62.5 cm³/mol. The van der Waals surface area contributed by atoms with Crippen molar-refractivity contribution < 1.29 is 23.1 Å². The Kier molecular flexibility index (Phi) is 4.31. The summed E-state index contributed by atoms with van der Waals surface area (Å²) in [6.45, 7) is 2.91. The van der Waals surface area contributed by atoms with Gasteiger partial charge >= 0.3 is 0 Å². The molecule has 6 nitrogen and oxygen atoms in total. The van der Waals surface area contributed by atoms with Crippen LogP contribution in [0.15, 0.2) is 23.1 Å². The van der Waals surface area contributed by atoms with Crippen molar-refractivity contribution in [1.29, 1.82) is 0 Å². The lowest BCUT2D eigenvalue weighted by atomic mass is 10.2. The Balaban J connectivity index is 3.19. The Morgan fingerprint density at radius 1 is 1.44 bits per heavy atom. The number of rotatable bonds is 5. The van der Waals surface area contributed by atoms with E-state index < -0.39 is 22.0 Å². The number of methoxy groups -OCH3 is 1. The Morgan fingerprint density at radius 2 is 2.06 bits per heavy atom. The van der Waals surface area contributed by atoms with Crippen LogP contribution in [0.5, 0.6) is 5.75 Å². The van der Waals surface area contributed by atoms with Crippen LogP contribution in [0.3, 0.4) is 0 Å². The zero-order valence-electron chi connectivity index (χ0n) is 10.3. The second-order valence-corrected chi connectivity index (χ2v) is 5.50. The molecule has 0 aliphatic heterocycles. The van der Waals surface area contributed by atoms with E-state index in [1.165, 1.54) is 26.2 Å². The van der Waals surface area contributed by atoms with Gasteiger partial charge in [0, 0.05) is 0 Å². The van der Waals surface area contributed by atoms with Gasteiger partial charge in [0.15, 0.2) is 0 Å². The molecule has 1 aromatic carbocycles. The first-order chi connectivity index (χ1) is 8.27. The van der Waals surface area contributed by atoms with Crippen LogP contribution in [0.1, 0.15) is 12.5 Å². The average molecular weight is 272 g/mol. The van der Waals surface area contributed by atoms with Gasteiger partial charge in [-0.1, -0.05) is 6.07 Å². The molecule has 0 amide bonds. The highest BCUT2D eigenvalue weighted by atomic mass is 32.2. The molecule has 18 heavy (non-hydrogen) atoms. The van der Waals surface area contributed by atoms with Crippen molar-refractivity contribution in [3.63, 3.8) is 0 Å². The molecule has 100 valence electrons. The number of nitrogens with one attached hydrogen (secondary N) is 1. The second kappa shape index (κ2) is 5.36. The molecule has 1 atom stereocenters. The molecule has 1 aromatic rings. The molecule has 0 saturated carbocycles. The van der Waals surface area contributed by atoms with Crippen LogP contribution in [0.4, 0.5) is 0 Å². The third-order valence-corrected chi connectivity index (χ3v) is 3.86. The molecule has 1 N–H and O–H groups in total. The summed E-state index contributed by atoms with van der Waals surface area (Å²) in [5.74, 6) is -1.34. The minimum atomic E-state index is -3.97. The van der Waals surface area contributed by atoms with Gasteiger partial charge in [0.05, 0.1) is 19.1 Å². The van der Waals surface area contributed by atoms with Gasteiger partial charge in [-0.3, -0.25) is 0 Å². The number of aliphatic carboxylic acids is 1. The van der Waals surface area contributed by atoms with Crippen molar-refractivity contribution in [2.45, 2.75) is 24.8 Å². The van der Waals surface area contributed by atoms with Crippen LogP contribution >= 0.6 is 0 Å². The van der Waals surface area contributed by atoms with E-state index in [1.807, 2.05) is 4.72 Å². The molecule has 0 heterocycles. The lowest BCUT2D eigenvalue weighted by molar-refractivity contribution is -0.307. The molecule has 0 radical (unpaired) electrons. The number of sulfonamides is 1. The van der Waals surface area contributed by atoms with Crippen molar-refractivity contribution >= 4 is 16.0 Å². The molecule has 0 fully saturated rings. The topological polar surface area (TPSA) is 95.5 Å². The minimum absolute atomic E-state index is 0.0990. The number of carboxylic acid groups (broad SMARTS) is 1. The van der Waals surface area contributed by atoms with E-state index in [2.05, 4.69) is 0 Å². The maximum Gasteiger partial charge on any atom is 0.244 e. The Morgan fingerprint density at radius 3 is 2.56 bits per heavy atom. The van der Waals surface area contributed by atoms with E-state index in [0.717, 1.165) is 5.56 Å². The van der Waals surface area contributed by atoms with Crippen molar-refractivity contribution in [2.75, 3.05) is 7.11 Å². The first-order valence-electron chi connectivity index (χ1n) is 5.15. The standard InChI is InChI=1S/C11H15NO5S/c1-7-4-5-9(17-3)10(6-7)18(15,16)12-8(2)11(13)14/h4-6,8,12H,1-3H3,(H,13,14)/p-1/t8-/m1/s1. The van der Waals surface area contributed by atoms with Crippen molar-refractivity contribution in [3.05, 3.63) is 23.8 Å². The van der Waals surface area contributed by atoms with Crippen LogP contribution in [0.25, 0.3) is 0 Å². The number of carbonyl (C=O) groups excluding carboxylic acids is 1. The van der Waals surface area contributed by atoms with E-state index in [1.54, 1.807) is 13.0 Å². The minimum Gasteiger partial charge on any atom is -0.548 e. The fourth-order valence-corrected chi connectivity index (χ4v) is 2.78. The van der Waals surface area contributed by atoms with Crippen molar-refractivity contribution in [1.82, 2.24) is 4.72 Å². The first kappa shape index (κ1) is 14.5. The molecule has 0 aliphatic rings. The summed E-state index contributed by atoms with van der Waals surface area (Å²) in [6.07, 6.45) is 0. The highest BCUT2D eigenvalue weighted by molar-refractivity contribution is 7.89. The Labute approximate surface area is 106 Å². The van der Waals surface area contributed by atoms with Crippen LogP contribution in [-0.2, 0) is 14.8 Å². The highest BCUT2D eigenvalue weighted by Gasteiger charge is 2.22. The molecular formula is C11H14NO5S-. The average Bonchev–Trinajstić information content (AvgIpc) is 2.28. The second-order valence-electron chi connectivity index (χ2n) is 3.82. The lowest BCUT2D eigenvalue weighted by Crippen LogP contribution is -2.45. The fourth-order valence-electron chi connectivity index (χ4n) is 1.34. The van der Waals surface area contributed by atoms with E-state index in [0.29, 0.717) is 0 Å². The van der Waals surface area contributed by atoms with E-state index in [4.69, 9.17) is 4.74 Å². The summed E-state index contributed by atoms with van der Waals surface area (Å²) in [4.78, 5) is 10.5. The molecule has 0 aliphatic carbocycles. The molecule has 1 rings (SSSR count). The number of hydrogen-bond acceptors (Lipinski definition) is 5. The SMILES string of the molecule is COc1ccc(C)cc1S(=O)(=O)N[C@H](C)C(=O)[O-]. The van der Waals surface area contributed by atoms with Crippen LogP contribution in [0.2, 0.25) is 0 Å². The number of benzene rings is 1. The van der Waals surface area contributed by atoms with Crippen molar-refractivity contribution in [3.8, 4) is 5.75 Å². The van der Waals surface area contributed by atoms with Gasteiger partial charge < -0.3 is 14.6 Å². The first-order valence-corrected chi connectivity index (χ1v) is 6.64. The van der Waals surface area contributed by atoms with E-state index in [9.17, 15) is 18.3 Å². The summed E-state index contributed by atoms with van der Waals surface area (Å²) in [7, 11) is -2.63. The van der Waals surface area contributed by atoms with E-state index >= 15 is 0 Å². The van der Waals surface area contributed by atoms with Gasteiger partial charge in [-0.2, -0.15) is 0 Å². The smallest absolute Gasteiger partial charge is 0.244 e. The molecule has 0 spiro atoms. The summed E-state index contributed by atoms with van der Waals surface area (Å²) in [5, 5.41) is 10.6. The number of carbonyl (C=O) groups is 1. The molecule has 0 aromatic heterocycles. The summed E-state index contributed by atoms with van der Waals surface area (Å²) < 4.78 is 30.9. The molecular weight excluding hydrogens is 258 g/mol. The van der Waals surface area contributed by atoms with Crippen molar-refractivity contribution in [2.24, 2.45) is 0 Å². The van der Waals surface area contributed by atoms with Gasteiger partial charge in [-0.05, 0) is 31.5 Å². The summed E-state index contributed by atoms with van der Waals surface area (Å²) in [5.41, 5.74) is 0.720.